The molecule has 0 atom stereocenters. The van der Waals surface area contributed by atoms with Crippen LogP contribution in [-0.4, -0.2) is 24.6 Å². The smallest absolute Gasteiger partial charge is 0.176 e. The molecule has 0 saturated heterocycles. The number of fused-ring (bicyclic) bond motifs is 1. The quantitative estimate of drug-likeness (QED) is 0.457. The number of sulfone groups is 1. The Morgan fingerprint density at radius 3 is 2.43 bits per heavy atom. The molecule has 0 unspecified atom stereocenters. The monoisotopic (exact) mass is 420 g/mol. The van der Waals surface area contributed by atoms with E-state index in [0.29, 0.717) is 28.8 Å². The summed E-state index contributed by atoms with van der Waals surface area (Å²) in [5.41, 5.74) is 4.42. The normalized spacial score (nSPS) is 11.9. The molecule has 0 fully saturated rings. The van der Waals surface area contributed by atoms with E-state index in [0.717, 1.165) is 22.3 Å². The van der Waals surface area contributed by atoms with Crippen molar-refractivity contribution in [2.75, 3.05) is 6.26 Å². The van der Waals surface area contributed by atoms with Gasteiger partial charge in [0, 0.05) is 11.8 Å². The van der Waals surface area contributed by atoms with Gasteiger partial charge in [0.15, 0.2) is 9.84 Å². The van der Waals surface area contributed by atoms with E-state index in [1.165, 1.54) is 11.8 Å². The summed E-state index contributed by atoms with van der Waals surface area (Å²) in [6.07, 6.45) is 1.23. The largest absolute Gasteiger partial charge is 0.486 e. The molecular formula is C24H24N2O3S. The third kappa shape index (κ3) is 4.24. The first kappa shape index (κ1) is 20.2. The number of ether oxygens (including phenoxy) is 1. The van der Waals surface area contributed by atoms with Gasteiger partial charge in [-0.1, -0.05) is 50.2 Å². The number of nitrogens with one attached hydrogen (secondary N) is 1. The molecule has 0 bridgehead atoms. The van der Waals surface area contributed by atoms with E-state index in [1.807, 2.05) is 42.5 Å². The van der Waals surface area contributed by atoms with Gasteiger partial charge in [0.05, 0.1) is 15.9 Å². The Labute approximate surface area is 176 Å². The van der Waals surface area contributed by atoms with Crippen molar-refractivity contribution in [1.29, 1.82) is 0 Å². The lowest BCUT2D eigenvalue weighted by atomic mass is 10.0. The Bertz CT molecular complexity index is 1290. The Balaban J connectivity index is 1.58. The van der Waals surface area contributed by atoms with Gasteiger partial charge < -0.3 is 9.72 Å². The Kier molecular flexibility index (Phi) is 5.35. The second-order valence-electron chi connectivity index (χ2n) is 7.70. The fraction of sp³-hybridized carbons (Fsp3) is 0.208. The Morgan fingerprint density at radius 1 is 1.00 bits per heavy atom. The average molecular weight is 421 g/mol. The van der Waals surface area contributed by atoms with Crippen LogP contribution in [-0.2, 0) is 16.4 Å². The first-order chi connectivity index (χ1) is 14.3. The molecule has 0 aliphatic carbocycles. The van der Waals surface area contributed by atoms with Crippen LogP contribution in [0.4, 0.5) is 0 Å². The molecule has 1 heterocycles. The van der Waals surface area contributed by atoms with Crippen LogP contribution in [0.25, 0.3) is 22.2 Å². The molecule has 3 aromatic carbocycles. The molecule has 30 heavy (non-hydrogen) atoms. The minimum atomic E-state index is -3.32. The summed E-state index contributed by atoms with van der Waals surface area (Å²) in [7, 11) is -3.32. The number of hydrogen-bond donors (Lipinski definition) is 1. The van der Waals surface area contributed by atoms with Crippen LogP contribution in [0.2, 0.25) is 0 Å². The average Bonchev–Trinajstić information content (AvgIpc) is 3.14. The third-order valence-corrected chi connectivity index (χ3v) is 6.21. The molecule has 1 aromatic heterocycles. The van der Waals surface area contributed by atoms with Crippen LogP contribution in [0.3, 0.4) is 0 Å². The van der Waals surface area contributed by atoms with Crippen LogP contribution in [0, 0.1) is 0 Å². The molecule has 0 amide bonds. The van der Waals surface area contributed by atoms with Gasteiger partial charge in [-0.25, -0.2) is 13.4 Å². The summed E-state index contributed by atoms with van der Waals surface area (Å²) in [6, 6.07) is 20.8. The van der Waals surface area contributed by atoms with Gasteiger partial charge >= 0.3 is 0 Å². The van der Waals surface area contributed by atoms with E-state index >= 15 is 0 Å². The van der Waals surface area contributed by atoms with Gasteiger partial charge in [0.1, 0.15) is 18.2 Å². The van der Waals surface area contributed by atoms with Crippen LogP contribution < -0.4 is 4.74 Å². The van der Waals surface area contributed by atoms with Crippen molar-refractivity contribution in [2.24, 2.45) is 0 Å². The minimum Gasteiger partial charge on any atom is -0.486 e. The number of rotatable bonds is 6. The van der Waals surface area contributed by atoms with Crippen molar-refractivity contribution >= 4 is 20.9 Å². The molecule has 4 rings (SSSR count). The lowest BCUT2D eigenvalue weighted by molar-refractivity contribution is 0.297. The van der Waals surface area contributed by atoms with Gasteiger partial charge in [0.2, 0.25) is 0 Å². The van der Waals surface area contributed by atoms with Gasteiger partial charge in [0.25, 0.3) is 0 Å². The first-order valence-corrected chi connectivity index (χ1v) is 11.7. The molecule has 4 aromatic rings. The molecule has 0 spiro atoms. The van der Waals surface area contributed by atoms with E-state index in [1.54, 1.807) is 12.1 Å². The van der Waals surface area contributed by atoms with Crippen molar-refractivity contribution in [2.45, 2.75) is 31.3 Å². The first-order valence-electron chi connectivity index (χ1n) is 9.82. The number of imidazole rings is 1. The summed E-state index contributed by atoms with van der Waals surface area (Å²) in [5.74, 6) is 1.99. The second kappa shape index (κ2) is 7.95. The number of benzene rings is 3. The van der Waals surface area contributed by atoms with Crippen LogP contribution >= 0.6 is 0 Å². The molecule has 154 valence electrons. The zero-order valence-electron chi connectivity index (χ0n) is 17.2. The fourth-order valence-corrected chi connectivity index (χ4v) is 4.34. The molecule has 5 nitrogen and oxygen atoms in total. The summed E-state index contributed by atoms with van der Waals surface area (Å²) < 4.78 is 30.1. The van der Waals surface area contributed by atoms with E-state index in [9.17, 15) is 8.42 Å². The Hall–Kier alpha value is -3.12. The predicted molar refractivity (Wildman–Crippen MR) is 120 cm³/mol. The van der Waals surface area contributed by atoms with Crippen LogP contribution in [0.5, 0.6) is 5.75 Å². The SMILES string of the molecule is CC(C)c1ccc(OCc2nc3ccc(-c4ccccc4S(C)(=O)=O)cc3[nH]2)cc1. The molecule has 0 aliphatic heterocycles. The molecule has 1 N–H and O–H groups in total. The molecule has 0 saturated carbocycles. The summed E-state index contributed by atoms with van der Waals surface area (Å²) in [4.78, 5) is 8.18. The van der Waals surface area contributed by atoms with Gasteiger partial charge in [-0.05, 0) is 47.4 Å². The maximum absolute atomic E-state index is 12.1. The summed E-state index contributed by atoms with van der Waals surface area (Å²) >= 11 is 0. The number of aromatic nitrogens is 2. The molecule has 0 aliphatic rings. The number of nitrogens with zero attached hydrogens (tertiary/aromatic N) is 1. The zero-order chi connectivity index (χ0) is 21.3. The van der Waals surface area contributed by atoms with Crippen molar-refractivity contribution in [3.63, 3.8) is 0 Å². The van der Waals surface area contributed by atoms with E-state index in [2.05, 4.69) is 35.9 Å². The number of aromatic amines is 1. The van der Waals surface area contributed by atoms with Crippen molar-refractivity contribution in [1.82, 2.24) is 9.97 Å². The second-order valence-corrected chi connectivity index (χ2v) is 9.68. The number of hydrogen-bond acceptors (Lipinski definition) is 4. The van der Waals surface area contributed by atoms with Gasteiger partial charge in [-0.2, -0.15) is 0 Å². The standard InChI is InChI=1S/C24H24N2O3S/c1-16(2)17-8-11-19(12-9-17)29-15-24-25-21-13-10-18(14-22(21)26-24)20-6-4-5-7-23(20)30(3,27)28/h4-14,16H,15H2,1-3H3,(H,25,26). The minimum absolute atomic E-state index is 0.317. The Morgan fingerprint density at radius 2 is 1.73 bits per heavy atom. The van der Waals surface area contributed by atoms with E-state index in [-0.39, 0.29) is 0 Å². The lowest BCUT2D eigenvalue weighted by Gasteiger charge is -2.08. The van der Waals surface area contributed by atoms with E-state index in [4.69, 9.17) is 4.74 Å². The van der Waals surface area contributed by atoms with Crippen LogP contribution in [0.15, 0.2) is 71.6 Å². The van der Waals surface area contributed by atoms with Crippen molar-refractivity contribution in [3.8, 4) is 16.9 Å². The highest BCUT2D eigenvalue weighted by molar-refractivity contribution is 7.90. The molecule has 6 heteroatoms. The highest BCUT2D eigenvalue weighted by atomic mass is 32.2. The number of H-pyrrole nitrogens is 1. The summed E-state index contributed by atoms with van der Waals surface area (Å²) in [5, 5.41) is 0. The topological polar surface area (TPSA) is 72.0 Å². The third-order valence-electron chi connectivity index (χ3n) is 5.05. The van der Waals surface area contributed by atoms with E-state index < -0.39 is 9.84 Å². The fourth-order valence-electron chi connectivity index (χ4n) is 3.43. The maximum Gasteiger partial charge on any atom is 0.176 e. The van der Waals surface area contributed by atoms with Gasteiger partial charge in [-0.3, -0.25) is 0 Å². The lowest BCUT2D eigenvalue weighted by Crippen LogP contribution is -1.99. The maximum atomic E-state index is 12.1. The van der Waals surface area contributed by atoms with Crippen molar-refractivity contribution < 1.29 is 13.2 Å². The van der Waals surface area contributed by atoms with Crippen LogP contribution in [0.1, 0.15) is 31.2 Å². The highest BCUT2D eigenvalue weighted by Gasteiger charge is 2.15. The molecular weight excluding hydrogens is 396 g/mol. The molecule has 0 radical (unpaired) electrons. The summed E-state index contributed by atoms with van der Waals surface area (Å²) in [6.45, 7) is 4.64. The zero-order valence-corrected chi connectivity index (χ0v) is 18.0. The van der Waals surface area contributed by atoms with Crippen molar-refractivity contribution in [3.05, 3.63) is 78.1 Å². The van der Waals surface area contributed by atoms with Gasteiger partial charge in [-0.15, -0.1) is 0 Å². The predicted octanol–water partition coefficient (Wildman–Crippen LogP) is 5.34. The highest BCUT2D eigenvalue weighted by Crippen LogP contribution is 2.29.